The van der Waals surface area contributed by atoms with Gasteiger partial charge in [-0.3, -0.25) is 9.59 Å². The molecule has 2 aromatic rings. The Hall–Kier alpha value is -1.88. The molecule has 4 rings (SSSR count). The number of hydrogen-bond donors (Lipinski definition) is 1. The van der Waals surface area contributed by atoms with Gasteiger partial charge >= 0.3 is 0 Å². The van der Waals surface area contributed by atoms with Gasteiger partial charge in [-0.15, -0.1) is 0 Å². The lowest BCUT2D eigenvalue weighted by molar-refractivity contribution is -0.150. The number of rotatable bonds is 3. The van der Waals surface area contributed by atoms with Gasteiger partial charge in [-0.2, -0.15) is 0 Å². The molecule has 1 saturated carbocycles. The minimum Gasteiger partial charge on any atom is -0.375 e. The highest BCUT2D eigenvalue weighted by Crippen LogP contribution is 2.48. The second-order valence-electron chi connectivity index (χ2n) is 7.49. The Morgan fingerprint density at radius 2 is 1.71 bits per heavy atom. The first-order valence-corrected chi connectivity index (χ1v) is 10.3. The third-order valence-corrected chi connectivity index (χ3v) is 6.57. The van der Waals surface area contributed by atoms with Crippen LogP contribution in [0.2, 0.25) is 10.0 Å². The van der Waals surface area contributed by atoms with Crippen LogP contribution < -0.4 is 4.90 Å². The number of aliphatic hydroxyl groups is 1. The summed E-state index contributed by atoms with van der Waals surface area (Å²) >= 11 is 12.6. The minimum atomic E-state index is -1.84. The number of nitrogens with zero attached hydrogens (tertiary/aromatic N) is 1. The number of benzene rings is 2. The van der Waals surface area contributed by atoms with Crippen LogP contribution in [0.1, 0.15) is 43.2 Å². The molecule has 0 unspecified atom stereocenters. The zero-order valence-corrected chi connectivity index (χ0v) is 16.8. The fraction of sp³-hybridized carbons (Fsp3) is 0.364. The SMILES string of the molecule is O=C1CCCCC[C@@H]1[C@]1(O)C(=O)N(Cc2c(Cl)cccc2Cl)c2ccccc21. The Kier molecular flexibility index (Phi) is 5.21. The number of anilines is 1. The van der Waals surface area contributed by atoms with Gasteiger partial charge in [-0.1, -0.05) is 60.3 Å². The highest BCUT2D eigenvalue weighted by Gasteiger charge is 2.56. The standard InChI is InChI=1S/C22H21Cl2NO3/c23-17-9-6-10-18(24)14(17)13-25-19-11-5-4-7-15(19)22(28,21(25)27)16-8-2-1-3-12-20(16)26/h4-7,9-11,16,28H,1-3,8,12-13H2/t16-,22-/m0/s1. The van der Waals surface area contributed by atoms with Crippen molar-refractivity contribution in [3.8, 4) is 0 Å². The number of fused-ring (bicyclic) bond motifs is 1. The van der Waals surface area contributed by atoms with Crippen LogP contribution in [0.3, 0.4) is 0 Å². The molecule has 1 aliphatic heterocycles. The zero-order chi connectivity index (χ0) is 19.9. The van der Waals surface area contributed by atoms with Crippen LogP contribution in [0, 0.1) is 5.92 Å². The monoisotopic (exact) mass is 417 g/mol. The van der Waals surface area contributed by atoms with E-state index in [2.05, 4.69) is 0 Å². The van der Waals surface area contributed by atoms with E-state index in [9.17, 15) is 14.7 Å². The van der Waals surface area contributed by atoms with Crippen molar-refractivity contribution in [2.75, 3.05) is 4.90 Å². The third kappa shape index (κ3) is 3.04. The molecule has 146 valence electrons. The molecule has 0 spiro atoms. The number of halogens is 2. The van der Waals surface area contributed by atoms with Gasteiger partial charge in [0.1, 0.15) is 5.78 Å². The lowest BCUT2D eigenvalue weighted by Crippen LogP contribution is -2.48. The number of para-hydroxylation sites is 1. The minimum absolute atomic E-state index is 0.0409. The highest BCUT2D eigenvalue weighted by molar-refractivity contribution is 6.36. The average molecular weight is 418 g/mol. The van der Waals surface area contributed by atoms with E-state index in [-0.39, 0.29) is 12.3 Å². The maximum atomic E-state index is 13.5. The number of Topliss-reactive ketones (excluding diaryl/α,β-unsaturated/α-hetero) is 1. The van der Waals surface area contributed by atoms with Gasteiger partial charge in [0.15, 0.2) is 5.60 Å². The maximum Gasteiger partial charge on any atom is 0.264 e. The van der Waals surface area contributed by atoms with Gasteiger partial charge < -0.3 is 10.0 Å². The molecule has 6 heteroatoms. The van der Waals surface area contributed by atoms with E-state index in [4.69, 9.17) is 23.2 Å². The summed E-state index contributed by atoms with van der Waals surface area (Å²) in [4.78, 5) is 27.8. The fourth-order valence-corrected chi connectivity index (χ4v) is 4.92. The van der Waals surface area contributed by atoms with Gasteiger partial charge in [0, 0.05) is 27.6 Å². The van der Waals surface area contributed by atoms with Crippen LogP contribution >= 0.6 is 23.2 Å². The first-order chi connectivity index (χ1) is 13.4. The summed E-state index contributed by atoms with van der Waals surface area (Å²) in [5, 5.41) is 12.6. The summed E-state index contributed by atoms with van der Waals surface area (Å²) in [5.41, 5.74) is -0.136. The molecule has 2 atom stereocenters. The lowest BCUT2D eigenvalue weighted by Gasteiger charge is -2.30. The molecule has 2 aromatic carbocycles. The topological polar surface area (TPSA) is 57.6 Å². The molecular formula is C22H21Cl2NO3. The first-order valence-electron chi connectivity index (χ1n) is 9.54. The van der Waals surface area contributed by atoms with Crippen LogP contribution in [-0.4, -0.2) is 16.8 Å². The predicted octanol–water partition coefficient (Wildman–Crippen LogP) is 4.88. The van der Waals surface area contributed by atoms with Crippen molar-refractivity contribution in [2.45, 2.75) is 44.2 Å². The summed E-state index contributed by atoms with van der Waals surface area (Å²) in [6, 6.07) is 12.3. The molecule has 0 saturated heterocycles. The molecule has 28 heavy (non-hydrogen) atoms. The summed E-state index contributed by atoms with van der Waals surface area (Å²) in [6.45, 7) is 0.136. The average Bonchev–Trinajstić information content (AvgIpc) is 2.82. The Morgan fingerprint density at radius 3 is 2.46 bits per heavy atom. The van der Waals surface area contributed by atoms with E-state index in [0.717, 1.165) is 19.3 Å². The van der Waals surface area contributed by atoms with Crippen molar-refractivity contribution >= 4 is 40.6 Å². The van der Waals surface area contributed by atoms with E-state index in [1.165, 1.54) is 4.90 Å². The number of hydrogen-bond acceptors (Lipinski definition) is 3. The van der Waals surface area contributed by atoms with Gasteiger partial charge in [0.05, 0.1) is 18.2 Å². The quantitative estimate of drug-likeness (QED) is 0.724. The van der Waals surface area contributed by atoms with Gasteiger partial charge in [-0.25, -0.2) is 0 Å². The second-order valence-corrected chi connectivity index (χ2v) is 8.31. The normalized spacial score (nSPS) is 25.0. The zero-order valence-electron chi connectivity index (χ0n) is 15.3. The van der Waals surface area contributed by atoms with Crippen LogP contribution in [0.5, 0.6) is 0 Å². The van der Waals surface area contributed by atoms with Crippen LogP contribution in [0.4, 0.5) is 5.69 Å². The molecule has 1 fully saturated rings. The number of carbonyl (C=O) groups is 2. The molecular weight excluding hydrogens is 397 g/mol. The first kappa shape index (κ1) is 19.4. The van der Waals surface area contributed by atoms with Crippen molar-refractivity contribution in [1.82, 2.24) is 0 Å². The molecule has 0 radical (unpaired) electrons. The number of ketones is 1. The third-order valence-electron chi connectivity index (χ3n) is 5.86. The van der Waals surface area contributed by atoms with E-state index >= 15 is 0 Å². The van der Waals surface area contributed by atoms with Crippen molar-refractivity contribution in [3.05, 3.63) is 63.6 Å². The maximum absolute atomic E-state index is 13.5. The molecule has 2 aliphatic rings. The Morgan fingerprint density at radius 1 is 1.00 bits per heavy atom. The van der Waals surface area contributed by atoms with Gasteiger partial charge in [0.25, 0.3) is 5.91 Å². The van der Waals surface area contributed by atoms with Crippen LogP contribution in [0.15, 0.2) is 42.5 Å². The number of amides is 1. The largest absolute Gasteiger partial charge is 0.375 e. The summed E-state index contributed by atoms with van der Waals surface area (Å²) < 4.78 is 0. The highest BCUT2D eigenvalue weighted by atomic mass is 35.5. The molecule has 0 aromatic heterocycles. The smallest absolute Gasteiger partial charge is 0.264 e. The lowest BCUT2D eigenvalue weighted by atomic mass is 9.77. The van der Waals surface area contributed by atoms with Gasteiger partial charge in [-0.05, 0) is 31.0 Å². The second kappa shape index (κ2) is 7.51. The fourth-order valence-electron chi connectivity index (χ4n) is 4.40. The summed E-state index contributed by atoms with van der Waals surface area (Å²) in [7, 11) is 0. The summed E-state index contributed by atoms with van der Waals surface area (Å²) in [6.07, 6.45) is 3.48. The Bertz CT molecular complexity index is 925. The number of carbonyl (C=O) groups excluding carboxylic acids is 2. The summed E-state index contributed by atoms with van der Waals surface area (Å²) in [5.74, 6) is -1.25. The van der Waals surface area contributed by atoms with Crippen molar-refractivity contribution in [2.24, 2.45) is 5.92 Å². The van der Waals surface area contributed by atoms with Gasteiger partial charge in [0.2, 0.25) is 0 Å². The molecule has 4 nitrogen and oxygen atoms in total. The van der Waals surface area contributed by atoms with Crippen molar-refractivity contribution in [1.29, 1.82) is 0 Å². The van der Waals surface area contributed by atoms with Crippen LogP contribution in [0.25, 0.3) is 0 Å². The molecule has 0 bridgehead atoms. The van der Waals surface area contributed by atoms with Crippen molar-refractivity contribution in [3.63, 3.8) is 0 Å². The molecule has 1 N–H and O–H groups in total. The Labute approximate surface area is 174 Å². The van der Waals surface area contributed by atoms with Crippen molar-refractivity contribution < 1.29 is 14.7 Å². The predicted molar refractivity (Wildman–Crippen MR) is 110 cm³/mol. The van der Waals surface area contributed by atoms with Crippen LogP contribution in [-0.2, 0) is 21.7 Å². The van der Waals surface area contributed by atoms with E-state index < -0.39 is 17.4 Å². The van der Waals surface area contributed by atoms with E-state index in [1.807, 2.05) is 6.07 Å². The van der Waals surface area contributed by atoms with E-state index in [0.29, 0.717) is 39.7 Å². The molecule has 1 amide bonds. The Balaban J connectivity index is 1.79. The molecule has 1 aliphatic carbocycles. The van der Waals surface area contributed by atoms with E-state index in [1.54, 1.807) is 36.4 Å². The molecule has 1 heterocycles.